The third kappa shape index (κ3) is 3.45. The number of hydrogen-bond donors (Lipinski definition) is 2. The lowest BCUT2D eigenvalue weighted by Crippen LogP contribution is -2.55. The average molecular weight is 254 g/mol. The maximum atomic E-state index is 12.1. The topological polar surface area (TPSA) is 50.4 Å². The van der Waals surface area contributed by atoms with E-state index in [9.17, 15) is 4.79 Å². The van der Waals surface area contributed by atoms with Gasteiger partial charge in [-0.05, 0) is 45.1 Å². The first-order chi connectivity index (χ1) is 8.72. The highest BCUT2D eigenvalue weighted by atomic mass is 16.5. The van der Waals surface area contributed by atoms with Crippen LogP contribution in [-0.2, 0) is 9.53 Å². The molecule has 0 aromatic rings. The highest BCUT2D eigenvalue weighted by Gasteiger charge is 2.33. The average Bonchev–Trinajstić information content (AvgIpc) is 2.36. The van der Waals surface area contributed by atoms with Gasteiger partial charge in [-0.2, -0.15) is 0 Å². The van der Waals surface area contributed by atoms with Crippen LogP contribution in [0.4, 0.5) is 0 Å². The molecule has 0 aromatic heterocycles. The summed E-state index contributed by atoms with van der Waals surface area (Å²) >= 11 is 0. The van der Waals surface area contributed by atoms with Crippen LogP contribution in [0.5, 0.6) is 0 Å². The number of rotatable bonds is 5. The van der Waals surface area contributed by atoms with Crippen molar-refractivity contribution in [1.29, 1.82) is 0 Å². The van der Waals surface area contributed by atoms with E-state index in [2.05, 4.69) is 17.6 Å². The molecule has 1 aliphatic carbocycles. The van der Waals surface area contributed by atoms with Crippen molar-refractivity contribution in [3.05, 3.63) is 0 Å². The Bertz CT molecular complexity index is 277. The summed E-state index contributed by atoms with van der Waals surface area (Å²) in [6.07, 6.45) is 5.69. The van der Waals surface area contributed by atoms with Crippen LogP contribution in [0.15, 0.2) is 0 Å². The van der Waals surface area contributed by atoms with Gasteiger partial charge < -0.3 is 15.4 Å². The van der Waals surface area contributed by atoms with Gasteiger partial charge in [0.15, 0.2) is 0 Å². The number of piperidine rings is 1. The Morgan fingerprint density at radius 3 is 2.78 bits per heavy atom. The van der Waals surface area contributed by atoms with E-state index in [1.165, 1.54) is 12.8 Å². The van der Waals surface area contributed by atoms with Gasteiger partial charge in [0.2, 0.25) is 5.91 Å². The van der Waals surface area contributed by atoms with Crippen molar-refractivity contribution in [1.82, 2.24) is 10.6 Å². The smallest absolute Gasteiger partial charge is 0.237 e. The van der Waals surface area contributed by atoms with Gasteiger partial charge >= 0.3 is 0 Å². The Labute approximate surface area is 110 Å². The van der Waals surface area contributed by atoms with E-state index >= 15 is 0 Å². The predicted molar refractivity (Wildman–Crippen MR) is 71.4 cm³/mol. The summed E-state index contributed by atoms with van der Waals surface area (Å²) < 4.78 is 5.50. The van der Waals surface area contributed by atoms with Crippen molar-refractivity contribution in [2.24, 2.45) is 5.92 Å². The molecular formula is C14H26N2O2. The fourth-order valence-corrected chi connectivity index (χ4v) is 2.92. The second-order valence-electron chi connectivity index (χ2n) is 5.56. The molecule has 2 N–H and O–H groups in total. The van der Waals surface area contributed by atoms with E-state index in [1.807, 2.05) is 6.92 Å². The Morgan fingerprint density at radius 1 is 1.33 bits per heavy atom. The number of amides is 1. The standard InChI is InChI=1S/C14H26N2O2/c1-3-10-5-6-15-13(7-10)14(17)16-11-8-12(9-11)18-4-2/h10-13,15H,3-9H2,1-2H3,(H,16,17). The predicted octanol–water partition coefficient (Wildman–Crippen LogP) is 1.45. The van der Waals surface area contributed by atoms with Crippen LogP contribution >= 0.6 is 0 Å². The van der Waals surface area contributed by atoms with Gasteiger partial charge in [-0.15, -0.1) is 0 Å². The van der Waals surface area contributed by atoms with Crippen molar-refractivity contribution in [2.45, 2.75) is 64.1 Å². The van der Waals surface area contributed by atoms with Crippen molar-refractivity contribution in [3.63, 3.8) is 0 Å². The summed E-state index contributed by atoms with van der Waals surface area (Å²) in [6, 6.07) is 0.354. The largest absolute Gasteiger partial charge is 0.378 e. The fraction of sp³-hybridized carbons (Fsp3) is 0.929. The lowest BCUT2D eigenvalue weighted by molar-refractivity contribution is -0.126. The summed E-state index contributed by atoms with van der Waals surface area (Å²) in [5.74, 6) is 0.896. The molecule has 1 amide bonds. The van der Waals surface area contributed by atoms with Gasteiger partial charge in [0, 0.05) is 12.6 Å². The molecule has 1 saturated carbocycles. The number of ether oxygens (including phenoxy) is 1. The third-order valence-corrected chi connectivity index (χ3v) is 4.25. The third-order valence-electron chi connectivity index (χ3n) is 4.25. The van der Waals surface area contributed by atoms with Gasteiger partial charge in [0.25, 0.3) is 0 Å². The van der Waals surface area contributed by atoms with Crippen molar-refractivity contribution < 1.29 is 9.53 Å². The molecule has 1 heterocycles. The van der Waals surface area contributed by atoms with Crippen molar-refractivity contribution in [2.75, 3.05) is 13.2 Å². The molecule has 0 spiro atoms. The lowest BCUT2D eigenvalue weighted by atomic mass is 9.87. The van der Waals surface area contributed by atoms with Crippen LogP contribution in [0.25, 0.3) is 0 Å². The van der Waals surface area contributed by atoms with E-state index < -0.39 is 0 Å². The summed E-state index contributed by atoms with van der Waals surface area (Å²) in [5, 5.41) is 6.47. The van der Waals surface area contributed by atoms with Gasteiger partial charge in [0.05, 0.1) is 12.1 Å². The van der Waals surface area contributed by atoms with E-state index in [0.717, 1.165) is 32.4 Å². The molecule has 4 nitrogen and oxygen atoms in total. The number of carbonyl (C=O) groups excluding carboxylic acids is 1. The van der Waals surface area contributed by atoms with Gasteiger partial charge in [-0.25, -0.2) is 0 Å². The Hall–Kier alpha value is -0.610. The Kier molecular flexibility index (Phi) is 5.01. The minimum Gasteiger partial charge on any atom is -0.378 e. The zero-order chi connectivity index (χ0) is 13.0. The molecule has 0 radical (unpaired) electrons. The first-order valence-electron chi connectivity index (χ1n) is 7.38. The maximum absolute atomic E-state index is 12.1. The number of carbonyl (C=O) groups is 1. The second-order valence-corrected chi connectivity index (χ2v) is 5.56. The Morgan fingerprint density at radius 2 is 2.11 bits per heavy atom. The monoisotopic (exact) mass is 254 g/mol. The maximum Gasteiger partial charge on any atom is 0.237 e. The summed E-state index contributed by atoms with van der Waals surface area (Å²) in [5.41, 5.74) is 0. The molecule has 0 aromatic carbocycles. The quantitative estimate of drug-likeness (QED) is 0.780. The zero-order valence-electron chi connectivity index (χ0n) is 11.6. The summed E-state index contributed by atoms with van der Waals surface area (Å²) in [7, 11) is 0. The first kappa shape index (κ1) is 13.8. The van der Waals surface area contributed by atoms with E-state index in [4.69, 9.17) is 4.74 Å². The van der Waals surface area contributed by atoms with Crippen molar-refractivity contribution in [3.8, 4) is 0 Å². The molecule has 0 bridgehead atoms. The van der Waals surface area contributed by atoms with Crippen LogP contribution in [0.2, 0.25) is 0 Å². The molecule has 2 atom stereocenters. The SMILES string of the molecule is CCOC1CC(NC(=O)C2CC(CC)CCN2)C1. The highest BCUT2D eigenvalue weighted by Crippen LogP contribution is 2.24. The molecule has 4 heteroatoms. The Balaban J connectivity index is 1.69. The van der Waals surface area contributed by atoms with E-state index in [0.29, 0.717) is 18.1 Å². The molecule has 2 fully saturated rings. The number of hydrogen-bond acceptors (Lipinski definition) is 3. The molecule has 1 aliphatic heterocycles. The van der Waals surface area contributed by atoms with Crippen LogP contribution in [0.1, 0.15) is 46.0 Å². The minimum atomic E-state index is 0.0230. The van der Waals surface area contributed by atoms with Gasteiger partial charge in [-0.1, -0.05) is 13.3 Å². The minimum absolute atomic E-state index is 0.0230. The molecule has 1 saturated heterocycles. The lowest BCUT2D eigenvalue weighted by Gasteiger charge is -2.37. The molecular weight excluding hydrogens is 228 g/mol. The van der Waals surface area contributed by atoms with Crippen LogP contribution < -0.4 is 10.6 Å². The second kappa shape index (κ2) is 6.53. The van der Waals surface area contributed by atoms with Crippen LogP contribution in [0.3, 0.4) is 0 Å². The summed E-state index contributed by atoms with van der Waals surface area (Å²) in [6.45, 7) is 5.98. The van der Waals surface area contributed by atoms with Crippen molar-refractivity contribution >= 4 is 5.91 Å². The number of nitrogens with one attached hydrogen (secondary N) is 2. The van der Waals surface area contributed by atoms with E-state index in [-0.39, 0.29) is 11.9 Å². The molecule has 104 valence electrons. The highest BCUT2D eigenvalue weighted by molar-refractivity contribution is 5.82. The molecule has 2 aliphatic rings. The fourth-order valence-electron chi connectivity index (χ4n) is 2.92. The first-order valence-corrected chi connectivity index (χ1v) is 7.38. The van der Waals surface area contributed by atoms with Crippen LogP contribution in [-0.4, -0.2) is 37.2 Å². The van der Waals surface area contributed by atoms with Crippen LogP contribution in [0, 0.1) is 5.92 Å². The van der Waals surface area contributed by atoms with Gasteiger partial charge in [-0.3, -0.25) is 4.79 Å². The zero-order valence-corrected chi connectivity index (χ0v) is 11.6. The normalized spacial score (nSPS) is 35.9. The molecule has 2 rings (SSSR count). The molecule has 18 heavy (non-hydrogen) atoms. The van der Waals surface area contributed by atoms with Gasteiger partial charge in [0.1, 0.15) is 0 Å². The summed E-state index contributed by atoms with van der Waals surface area (Å²) in [4.78, 5) is 12.1. The van der Waals surface area contributed by atoms with E-state index in [1.54, 1.807) is 0 Å². The molecule has 2 unspecified atom stereocenters.